The first kappa shape index (κ1) is 16.5. The smallest absolute Gasteiger partial charge is 0.0244 e. The van der Waals surface area contributed by atoms with Crippen molar-refractivity contribution >= 4 is 0 Å². The summed E-state index contributed by atoms with van der Waals surface area (Å²) in [6.07, 6.45) is 1.27. The van der Waals surface area contributed by atoms with Crippen LogP contribution >= 0.6 is 0 Å². The Morgan fingerprint density at radius 2 is 1.86 bits per heavy atom. The first-order valence-corrected chi connectivity index (χ1v) is 8.37. The molecular weight excluding hydrogens is 256 g/mol. The van der Waals surface area contributed by atoms with E-state index in [-0.39, 0.29) is 0 Å². The molecule has 1 fully saturated rings. The molecule has 0 spiro atoms. The van der Waals surface area contributed by atoms with E-state index in [0.717, 1.165) is 25.6 Å². The van der Waals surface area contributed by atoms with Gasteiger partial charge in [0.2, 0.25) is 0 Å². The van der Waals surface area contributed by atoms with E-state index < -0.39 is 0 Å². The van der Waals surface area contributed by atoms with Gasteiger partial charge in [-0.1, -0.05) is 65.0 Å². The SMILES string of the molecule is CC(C)CC1CNC(C(C)(C)C)CN1Cc1ccccc1. The van der Waals surface area contributed by atoms with E-state index in [1.54, 1.807) is 0 Å². The highest BCUT2D eigenvalue weighted by Crippen LogP contribution is 2.26. The zero-order valence-corrected chi connectivity index (χ0v) is 14.4. The van der Waals surface area contributed by atoms with E-state index in [9.17, 15) is 0 Å². The van der Waals surface area contributed by atoms with Gasteiger partial charge in [-0.3, -0.25) is 4.90 Å². The van der Waals surface area contributed by atoms with Crippen molar-refractivity contribution in [2.24, 2.45) is 11.3 Å². The van der Waals surface area contributed by atoms with Gasteiger partial charge in [-0.2, -0.15) is 0 Å². The fourth-order valence-electron chi connectivity index (χ4n) is 3.22. The second-order valence-electron chi connectivity index (χ2n) is 8.03. The zero-order valence-electron chi connectivity index (χ0n) is 14.4. The van der Waals surface area contributed by atoms with Gasteiger partial charge < -0.3 is 5.32 Å². The maximum absolute atomic E-state index is 3.79. The van der Waals surface area contributed by atoms with Gasteiger partial charge in [0.25, 0.3) is 0 Å². The van der Waals surface area contributed by atoms with Gasteiger partial charge in [0, 0.05) is 31.7 Å². The summed E-state index contributed by atoms with van der Waals surface area (Å²) in [6, 6.07) is 12.1. The molecule has 1 aliphatic rings. The molecule has 1 saturated heterocycles. The van der Waals surface area contributed by atoms with Crippen LogP contribution in [0.2, 0.25) is 0 Å². The number of rotatable bonds is 4. The number of piperazine rings is 1. The Bertz CT molecular complexity index is 419. The molecule has 1 aromatic rings. The maximum atomic E-state index is 3.79. The molecular formula is C19H32N2. The van der Waals surface area contributed by atoms with Crippen LogP contribution in [0.3, 0.4) is 0 Å². The Morgan fingerprint density at radius 3 is 2.43 bits per heavy atom. The minimum Gasteiger partial charge on any atom is -0.311 e. The van der Waals surface area contributed by atoms with E-state index in [1.807, 2.05) is 0 Å². The van der Waals surface area contributed by atoms with Crippen LogP contribution < -0.4 is 5.32 Å². The van der Waals surface area contributed by atoms with E-state index in [1.165, 1.54) is 12.0 Å². The first-order valence-electron chi connectivity index (χ1n) is 8.37. The van der Waals surface area contributed by atoms with E-state index in [4.69, 9.17) is 0 Å². The van der Waals surface area contributed by atoms with Crippen molar-refractivity contribution in [3.05, 3.63) is 35.9 Å². The molecule has 118 valence electrons. The Morgan fingerprint density at radius 1 is 1.19 bits per heavy atom. The summed E-state index contributed by atoms with van der Waals surface area (Å²) >= 11 is 0. The molecule has 1 heterocycles. The number of hydrogen-bond donors (Lipinski definition) is 1. The van der Waals surface area contributed by atoms with Gasteiger partial charge in [0.05, 0.1) is 0 Å². The molecule has 2 unspecified atom stereocenters. The highest BCUT2D eigenvalue weighted by Gasteiger charge is 2.34. The fourth-order valence-corrected chi connectivity index (χ4v) is 3.22. The predicted molar refractivity (Wildman–Crippen MR) is 91.3 cm³/mol. The summed E-state index contributed by atoms with van der Waals surface area (Å²) in [7, 11) is 0. The molecule has 2 nitrogen and oxygen atoms in total. The molecule has 0 radical (unpaired) electrons. The monoisotopic (exact) mass is 288 g/mol. The van der Waals surface area contributed by atoms with Crippen molar-refractivity contribution in [2.45, 2.75) is 59.7 Å². The van der Waals surface area contributed by atoms with Crippen LogP contribution in [0.1, 0.15) is 46.6 Å². The third-order valence-electron chi connectivity index (χ3n) is 4.55. The summed E-state index contributed by atoms with van der Waals surface area (Å²) in [5, 5.41) is 3.79. The Balaban J connectivity index is 2.09. The van der Waals surface area contributed by atoms with Gasteiger partial charge in [-0.25, -0.2) is 0 Å². The molecule has 2 heteroatoms. The van der Waals surface area contributed by atoms with E-state index in [2.05, 4.69) is 75.2 Å². The molecule has 21 heavy (non-hydrogen) atoms. The lowest BCUT2D eigenvalue weighted by Gasteiger charge is -2.45. The largest absolute Gasteiger partial charge is 0.311 e. The number of nitrogens with one attached hydrogen (secondary N) is 1. The molecule has 0 aromatic heterocycles. The maximum Gasteiger partial charge on any atom is 0.0244 e. The van der Waals surface area contributed by atoms with Crippen LogP contribution in [0.5, 0.6) is 0 Å². The molecule has 0 aliphatic carbocycles. The quantitative estimate of drug-likeness (QED) is 0.903. The molecule has 2 atom stereocenters. The summed E-state index contributed by atoms with van der Waals surface area (Å²) in [5.41, 5.74) is 1.75. The average molecular weight is 288 g/mol. The number of hydrogen-bond acceptors (Lipinski definition) is 2. The normalized spacial score (nSPS) is 24.5. The fraction of sp³-hybridized carbons (Fsp3) is 0.684. The topological polar surface area (TPSA) is 15.3 Å². The molecule has 1 N–H and O–H groups in total. The van der Waals surface area contributed by atoms with Crippen molar-refractivity contribution in [3.8, 4) is 0 Å². The number of benzene rings is 1. The molecule has 0 bridgehead atoms. The van der Waals surface area contributed by atoms with Crippen LogP contribution in [0.15, 0.2) is 30.3 Å². The van der Waals surface area contributed by atoms with Gasteiger partial charge in [0.1, 0.15) is 0 Å². The Hall–Kier alpha value is -0.860. The summed E-state index contributed by atoms with van der Waals surface area (Å²) in [5.74, 6) is 0.751. The lowest BCUT2D eigenvalue weighted by molar-refractivity contribution is 0.0691. The van der Waals surface area contributed by atoms with Crippen molar-refractivity contribution in [2.75, 3.05) is 13.1 Å². The average Bonchev–Trinajstić information content (AvgIpc) is 2.40. The zero-order chi connectivity index (χ0) is 15.5. The lowest BCUT2D eigenvalue weighted by Crippen LogP contribution is -2.60. The van der Waals surface area contributed by atoms with Gasteiger partial charge in [-0.05, 0) is 23.3 Å². The van der Waals surface area contributed by atoms with Crippen molar-refractivity contribution < 1.29 is 0 Å². The summed E-state index contributed by atoms with van der Waals surface area (Å²) < 4.78 is 0. The first-order chi connectivity index (χ1) is 9.86. The van der Waals surface area contributed by atoms with E-state index >= 15 is 0 Å². The highest BCUT2D eigenvalue weighted by atomic mass is 15.2. The molecule has 0 saturated carbocycles. The van der Waals surface area contributed by atoms with Gasteiger partial charge in [-0.15, -0.1) is 0 Å². The summed E-state index contributed by atoms with van der Waals surface area (Å²) in [6.45, 7) is 15.0. The van der Waals surface area contributed by atoms with Crippen molar-refractivity contribution in [1.29, 1.82) is 0 Å². The minimum absolute atomic E-state index is 0.317. The molecule has 1 aliphatic heterocycles. The lowest BCUT2D eigenvalue weighted by atomic mass is 9.84. The second kappa shape index (κ2) is 6.93. The van der Waals surface area contributed by atoms with E-state index in [0.29, 0.717) is 17.5 Å². The van der Waals surface area contributed by atoms with Crippen LogP contribution in [0, 0.1) is 11.3 Å². The van der Waals surface area contributed by atoms with Crippen molar-refractivity contribution in [1.82, 2.24) is 10.2 Å². The van der Waals surface area contributed by atoms with Crippen molar-refractivity contribution in [3.63, 3.8) is 0 Å². The molecule has 2 rings (SSSR count). The highest BCUT2D eigenvalue weighted by molar-refractivity contribution is 5.15. The van der Waals surface area contributed by atoms with Crippen LogP contribution in [0.25, 0.3) is 0 Å². The predicted octanol–water partition coefficient (Wildman–Crippen LogP) is 3.92. The van der Waals surface area contributed by atoms with Gasteiger partial charge in [0.15, 0.2) is 0 Å². The third-order valence-corrected chi connectivity index (χ3v) is 4.55. The Kier molecular flexibility index (Phi) is 5.45. The third kappa shape index (κ3) is 4.82. The summed E-state index contributed by atoms with van der Waals surface area (Å²) in [4.78, 5) is 2.70. The molecule has 0 amide bonds. The van der Waals surface area contributed by atoms with Crippen LogP contribution in [-0.4, -0.2) is 30.1 Å². The standard InChI is InChI=1S/C19H32N2/c1-15(2)11-17-12-20-18(19(3,4)5)14-21(17)13-16-9-7-6-8-10-16/h6-10,15,17-18,20H,11-14H2,1-5H3. The minimum atomic E-state index is 0.317. The van der Waals surface area contributed by atoms with Crippen LogP contribution in [-0.2, 0) is 6.54 Å². The molecule has 1 aromatic carbocycles. The second-order valence-corrected chi connectivity index (χ2v) is 8.03. The van der Waals surface area contributed by atoms with Crippen LogP contribution in [0.4, 0.5) is 0 Å². The number of nitrogens with zero attached hydrogens (tertiary/aromatic N) is 1. The van der Waals surface area contributed by atoms with Gasteiger partial charge >= 0.3 is 0 Å². The Labute approximate surface area is 130 Å².